The van der Waals surface area contributed by atoms with Gasteiger partial charge in [-0.15, -0.1) is 0 Å². The van der Waals surface area contributed by atoms with E-state index >= 15 is 0 Å². The third-order valence-electron chi connectivity index (χ3n) is 2.34. The average molecular weight is 160 g/mol. The lowest BCUT2D eigenvalue weighted by Gasteiger charge is -2.00. The fourth-order valence-electron chi connectivity index (χ4n) is 1.62. The first-order valence-corrected chi connectivity index (χ1v) is 4.49. The summed E-state index contributed by atoms with van der Waals surface area (Å²) in [6.07, 6.45) is 7.00. The fraction of sp³-hybridized carbons (Fsp3) is 0.273. The van der Waals surface area contributed by atoms with Crippen LogP contribution in [0.15, 0.2) is 18.2 Å². The van der Waals surface area contributed by atoms with Gasteiger partial charge in [0.1, 0.15) is 0 Å². The molecule has 1 aliphatic carbocycles. The Balaban J connectivity index is 2.65. The van der Waals surface area contributed by atoms with E-state index in [-0.39, 0.29) is 0 Å². The standard InChI is InChI=1S/C11H13N/c12-8-9-5-6-10-3-1-2-4-11(10)7-9/h3-7H,1-2,8,12H2/p+1. The number of quaternary nitrogens is 1. The van der Waals surface area contributed by atoms with Crippen LogP contribution in [0.1, 0.15) is 18.4 Å². The maximum atomic E-state index is 3.88. The van der Waals surface area contributed by atoms with Crippen LogP contribution in [-0.4, -0.2) is 0 Å². The Morgan fingerprint density at radius 3 is 2.58 bits per heavy atom. The highest BCUT2D eigenvalue weighted by Gasteiger charge is 1.95. The Morgan fingerprint density at radius 1 is 1.08 bits per heavy atom. The van der Waals surface area contributed by atoms with Gasteiger partial charge in [0.2, 0.25) is 0 Å². The molecule has 0 radical (unpaired) electrons. The van der Waals surface area contributed by atoms with Crippen molar-refractivity contribution in [3.05, 3.63) is 34.2 Å². The molecule has 1 nitrogen and oxygen atoms in total. The molecule has 0 atom stereocenters. The maximum absolute atomic E-state index is 3.88. The van der Waals surface area contributed by atoms with Crippen molar-refractivity contribution < 1.29 is 5.73 Å². The van der Waals surface area contributed by atoms with Gasteiger partial charge in [-0.3, -0.25) is 0 Å². The first kappa shape index (κ1) is 7.56. The van der Waals surface area contributed by atoms with Gasteiger partial charge in [0.15, 0.2) is 0 Å². The van der Waals surface area contributed by atoms with Crippen LogP contribution >= 0.6 is 0 Å². The number of hydrogen-bond acceptors (Lipinski definition) is 0. The summed E-state index contributed by atoms with van der Waals surface area (Å²) in [6, 6.07) is 6.62. The molecule has 1 aromatic rings. The molecule has 0 amide bonds. The second-order valence-electron chi connectivity index (χ2n) is 3.20. The van der Waals surface area contributed by atoms with Gasteiger partial charge in [0, 0.05) is 5.56 Å². The molecule has 2 rings (SSSR count). The van der Waals surface area contributed by atoms with E-state index in [4.69, 9.17) is 0 Å². The van der Waals surface area contributed by atoms with Gasteiger partial charge in [-0.25, -0.2) is 0 Å². The predicted molar refractivity (Wildman–Crippen MR) is 50.4 cm³/mol. The topological polar surface area (TPSA) is 27.6 Å². The molecule has 0 aliphatic heterocycles. The summed E-state index contributed by atoms with van der Waals surface area (Å²) in [7, 11) is 0. The van der Waals surface area contributed by atoms with E-state index in [1.165, 1.54) is 28.8 Å². The van der Waals surface area contributed by atoms with E-state index in [2.05, 4.69) is 36.1 Å². The molecule has 0 aromatic heterocycles. The van der Waals surface area contributed by atoms with Gasteiger partial charge in [-0.1, -0.05) is 24.3 Å². The molecule has 0 fully saturated rings. The first-order chi connectivity index (χ1) is 5.90. The van der Waals surface area contributed by atoms with Crippen LogP contribution in [0.4, 0.5) is 0 Å². The molecule has 0 spiro atoms. The van der Waals surface area contributed by atoms with E-state index in [9.17, 15) is 0 Å². The minimum Gasteiger partial charge on any atom is -0.354 e. The molecule has 3 N–H and O–H groups in total. The zero-order chi connectivity index (χ0) is 8.39. The zero-order valence-corrected chi connectivity index (χ0v) is 7.22. The smallest absolute Gasteiger partial charge is 0.0997 e. The van der Waals surface area contributed by atoms with Gasteiger partial charge in [-0.2, -0.15) is 0 Å². The van der Waals surface area contributed by atoms with E-state index in [0.29, 0.717) is 0 Å². The summed E-state index contributed by atoms with van der Waals surface area (Å²) >= 11 is 0. The molecule has 0 saturated carbocycles. The van der Waals surface area contributed by atoms with Crippen LogP contribution in [0, 0.1) is 0 Å². The molecule has 1 aromatic carbocycles. The van der Waals surface area contributed by atoms with Crippen molar-refractivity contribution >= 4 is 12.2 Å². The van der Waals surface area contributed by atoms with Crippen LogP contribution in [0.25, 0.3) is 12.2 Å². The largest absolute Gasteiger partial charge is 0.354 e. The third kappa shape index (κ3) is 1.28. The number of benzene rings is 1. The van der Waals surface area contributed by atoms with E-state index in [1.54, 1.807) is 0 Å². The van der Waals surface area contributed by atoms with Crippen molar-refractivity contribution in [1.29, 1.82) is 0 Å². The summed E-state index contributed by atoms with van der Waals surface area (Å²) in [5.41, 5.74) is 5.21. The molecule has 1 aliphatic rings. The molecule has 0 bridgehead atoms. The van der Waals surface area contributed by atoms with E-state index in [1.807, 2.05) is 0 Å². The van der Waals surface area contributed by atoms with Crippen molar-refractivity contribution in [1.82, 2.24) is 0 Å². The lowest BCUT2D eigenvalue weighted by Crippen LogP contribution is -2.48. The van der Waals surface area contributed by atoms with Crippen molar-refractivity contribution in [3.63, 3.8) is 0 Å². The molecule has 62 valence electrons. The summed E-state index contributed by atoms with van der Waals surface area (Å²) in [6.45, 7) is 0.890. The van der Waals surface area contributed by atoms with Crippen LogP contribution in [0.2, 0.25) is 0 Å². The molecule has 0 heterocycles. The highest BCUT2D eigenvalue weighted by atomic mass is 14.5. The number of fused-ring (bicyclic) bond motifs is 1. The Labute approximate surface area is 72.2 Å². The van der Waals surface area contributed by atoms with Crippen LogP contribution in [0.5, 0.6) is 0 Å². The summed E-state index contributed by atoms with van der Waals surface area (Å²) in [4.78, 5) is 0. The quantitative estimate of drug-likeness (QED) is 0.588. The van der Waals surface area contributed by atoms with Crippen molar-refractivity contribution in [2.45, 2.75) is 19.4 Å². The Bertz CT molecular complexity index is 390. The molecular formula is C11H14N+. The molecule has 0 unspecified atom stereocenters. The normalized spacial score (nSPS) is 14.4. The highest BCUT2D eigenvalue weighted by molar-refractivity contribution is 5.39. The van der Waals surface area contributed by atoms with E-state index in [0.717, 1.165) is 6.54 Å². The second kappa shape index (κ2) is 3.11. The number of hydrogen-bond donors (Lipinski definition) is 1. The van der Waals surface area contributed by atoms with Crippen molar-refractivity contribution in [2.75, 3.05) is 0 Å². The average Bonchev–Trinajstić information content (AvgIpc) is 2.17. The molecule has 12 heavy (non-hydrogen) atoms. The van der Waals surface area contributed by atoms with Gasteiger partial charge in [0.25, 0.3) is 0 Å². The third-order valence-corrected chi connectivity index (χ3v) is 2.34. The Kier molecular flexibility index (Phi) is 1.96. The predicted octanol–water partition coefficient (Wildman–Crippen LogP) is -0.217. The molecular weight excluding hydrogens is 146 g/mol. The second-order valence-corrected chi connectivity index (χ2v) is 3.20. The van der Waals surface area contributed by atoms with Crippen LogP contribution in [0.3, 0.4) is 0 Å². The summed E-state index contributed by atoms with van der Waals surface area (Å²) < 4.78 is 0. The Hall–Kier alpha value is -1.08. The zero-order valence-electron chi connectivity index (χ0n) is 7.22. The van der Waals surface area contributed by atoms with Gasteiger partial charge in [0.05, 0.1) is 6.54 Å². The lowest BCUT2D eigenvalue weighted by atomic mass is 10.1. The minimum absolute atomic E-state index is 0.890. The fourth-order valence-corrected chi connectivity index (χ4v) is 1.62. The van der Waals surface area contributed by atoms with Crippen LogP contribution in [-0.2, 0) is 6.54 Å². The van der Waals surface area contributed by atoms with Crippen molar-refractivity contribution in [2.24, 2.45) is 0 Å². The van der Waals surface area contributed by atoms with Gasteiger partial charge < -0.3 is 5.73 Å². The summed E-state index contributed by atoms with van der Waals surface area (Å²) in [5, 5.41) is 2.78. The Morgan fingerprint density at radius 2 is 1.83 bits per heavy atom. The summed E-state index contributed by atoms with van der Waals surface area (Å²) in [5.74, 6) is 0. The lowest BCUT2D eigenvalue weighted by molar-refractivity contribution is -0.386. The van der Waals surface area contributed by atoms with Crippen LogP contribution < -0.4 is 16.2 Å². The molecule has 0 saturated heterocycles. The van der Waals surface area contributed by atoms with Gasteiger partial charge >= 0.3 is 0 Å². The highest BCUT2D eigenvalue weighted by Crippen LogP contribution is 1.96. The maximum Gasteiger partial charge on any atom is 0.0997 e. The minimum atomic E-state index is 0.890. The number of rotatable bonds is 1. The first-order valence-electron chi connectivity index (χ1n) is 4.49. The monoisotopic (exact) mass is 160 g/mol. The molecule has 1 heteroatoms. The van der Waals surface area contributed by atoms with Gasteiger partial charge in [-0.05, 0) is 29.3 Å². The van der Waals surface area contributed by atoms with E-state index < -0.39 is 0 Å². The van der Waals surface area contributed by atoms with Crippen molar-refractivity contribution in [3.8, 4) is 0 Å². The SMILES string of the molecule is [NH3+]Cc1ccc2c(c1)=CCCC=2.